The van der Waals surface area contributed by atoms with Crippen molar-refractivity contribution in [3.05, 3.63) is 21.4 Å². The van der Waals surface area contributed by atoms with Crippen molar-refractivity contribution >= 4 is 17.1 Å². The number of rotatable bonds is 2. The summed E-state index contributed by atoms with van der Waals surface area (Å²) in [6.07, 6.45) is 10.2. The minimum atomic E-state index is 0.104. The first-order valence-electron chi connectivity index (χ1n) is 4.89. The number of hydrogen-bond donors (Lipinski definition) is 0. The summed E-state index contributed by atoms with van der Waals surface area (Å²) in [4.78, 5) is 13.8. The van der Waals surface area contributed by atoms with Crippen molar-refractivity contribution in [3.63, 3.8) is 0 Å². The second-order valence-electron chi connectivity index (χ2n) is 3.57. The highest BCUT2D eigenvalue weighted by Crippen LogP contribution is 2.30. The Labute approximate surface area is 88.1 Å². The lowest BCUT2D eigenvalue weighted by atomic mass is 9.99. The van der Waals surface area contributed by atoms with E-state index in [1.807, 2.05) is 6.07 Å². The van der Waals surface area contributed by atoms with Crippen molar-refractivity contribution in [2.24, 2.45) is 0 Å². The molecule has 1 nitrogen and oxygen atoms in total. The highest BCUT2D eigenvalue weighted by atomic mass is 32.1. The van der Waals surface area contributed by atoms with Crippen LogP contribution in [0.4, 0.5) is 0 Å². The summed E-state index contributed by atoms with van der Waals surface area (Å²) in [5.41, 5.74) is 1.38. The second kappa shape index (κ2) is 3.98. The summed E-state index contributed by atoms with van der Waals surface area (Å²) in [5.74, 6) is 2.51. The fourth-order valence-corrected chi connectivity index (χ4v) is 3.00. The molecule has 0 saturated heterocycles. The highest BCUT2D eigenvalue weighted by Gasteiger charge is 2.16. The minimum Gasteiger partial charge on any atom is -0.292 e. The van der Waals surface area contributed by atoms with Crippen LogP contribution < -0.4 is 0 Å². The zero-order chi connectivity index (χ0) is 9.97. The van der Waals surface area contributed by atoms with Gasteiger partial charge in [-0.15, -0.1) is 17.8 Å². The number of Topliss-reactive ketones (excluding diaryl/α,β-unsaturated/α-hetero) is 1. The van der Waals surface area contributed by atoms with Gasteiger partial charge in [-0.25, -0.2) is 0 Å². The lowest BCUT2D eigenvalue weighted by molar-refractivity contribution is 0.100. The molecule has 0 radical (unpaired) electrons. The molecular formula is C12H12OS. The van der Waals surface area contributed by atoms with Crippen LogP contribution in [0.2, 0.25) is 0 Å². The third-order valence-corrected chi connectivity index (χ3v) is 3.81. The molecule has 1 aliphatic rings. The molecule has 0 amide bonds. The summed E-state index contributed by atoms with van der Waals surface area (Å²) in [6, 6.07) is 2.04. The van der Waals surface area contributed by atoms with Gasteiger partial charge in [-0.2, -0.15) is 0 Å². The van der Waals surface area contributed by atoms with Crippen molar-refractivity contribution in [2.45, 2.75) is 32.1 Å². The second-order valence-corrected chi connectivity index (χ2v) is 4.71. The molecule has 14 heavy (non-hydrogen) atoms. The van der Waals surface area contributed by atoms with Gasteiger partial charge in [0.15, 0.2) is 5.78 Å². The van der Waals surface area contributed by atoms with Gasteiger partial charge in [0.05, 0.1) is 11.3 Å². The SMILES string of the molecule is C#CCC(=O)c1cc2c(s1)CCCC2. The quantitative estimate of drug-likeness (QED) is 0.535. The van der Waals surface area contributed by atoms with E-state index in [9.17, 15) is 4.79 Å². The van der Waals surface area contributed by atoms with Gasteiger partial charge in [-0.05, 0) is 37.3 Å². The molecule has 1 aliphatic carbocycles. The molecule has 1 aromatic rings. The Hall–Kier alpha value is -1.07. The molecule has 2 rings (SSSR count). The average molecular weight is 204 g/mol. The Morgan fingerprint density at radius 2 is 2.29 bits per heavy atom. The van der Waals surface area contributed by atoms with Gasteiger partial charge in [-0.3, -0.25) is 4.79 Å². The summed E-state index contributed by atoms with van der Waals surface area (Å²) >= 11 is 1.64. The minimum absolute atomic E-state index is 0.104. The van der Waals surface area contributed by atoms with Crippen molar-refractivity contribution in [2.75, 3.05) is 0 Å². The molecule has 0 fully saturated rings. The van der Waals surface area contributed by atoms with Crippen molar-refractivity contribution < 1.29 is 4.79 Å². The molecule has 1 aromatic heterocycles. The van der Waals surface area contributed by atoms with E-state index in [0.29, 0.717) is 0 Å². The third-order valence-electron chi connectivity index (χ3n) is 2.53. The zero-order valence-electron chi connectivity index (χ0n) is 8.01. The summed E-state index contributed by atoms with van der Waals surface area (Å²) in [7, 11) is 0. The van der Waals surface area contributed by atoms with Crippen LogP contribution in [0, 0.1) is 12.3 Å². The van der Waals surface area contributed by atoms with E-state index in [2.05, 4.69) is 5.92 Å². The topological polar surface area (TPSA) is 17.1 Å². The molecule has 1 heterocycles. The van der Waals surface area contributed by atoms with Crippen LogP contribution in [0.3, 0.4) is 0 Å². The predicted octanol–water partition coefficient (Wildman–Crippen LogP) is 2.83. The van der Waals surface area contributed by atoms with Crippen LogP contribution in [-0.4, -0.2) is 5.78 Å². The van der Waals surface area contributed by atoms with E-state index in [1.165, 1.54) is 23.3 Å². The summed E-state index contributed by atoms with van der Waals surface area (Å²) < 4.78 is 0. The maximum Gasteiger partial charge on any atom is 0.184 e. The van der Waals surface area contributed by atoms with Crippen LogP contribution in [-0.2, 0) is 12.8 Å². The van der Waals surface area contributed by atoms with E-state index in [0.717, 1.165) is 17.7 Å². The smallest absolute Gasteiger partial charge is 0.184 e. The molecule has 0 atom stereocenters. The van der Waals surface area contributed by atoms with Gasteiger partial charge in [0.25, 0.3) is 0 Å². The predicted molar refractivity (Wildman–Crippen MR) is 58.7 cm³/mol. The van der Waals surface area contributed by atoms with Crippen LogP contribution in [0.25, 0.3) is 0 Å². The van der Waals surface area contributed by atoms with Gasteiger partial charge in [0.1, 0.15) is 0 Å². The Bertz CT molecular complexity index is 371. The molecule has 0 spiro atoms. The van der Waals surface area contributed by atoms with Crippen LogP contribution in [0.15, 0.2) is 6.07 Å². The number of hydrogen-bond acceptors (Lipinski definition) is 2. The number of fused-ring (bicyclic) bond motifs is 1. The maximum atomic E-state index is 11.5. The molecule has 0 unspecified atom stereocenters. The Morgan fingerprint density at radius 1 is 1.50 bits per heavy atom. The molecule has 2 heteroatoms. The Morgan fingerprint density at radius 3 is 3.00 bits per heavy atom. The van der Waals surface area contributed by atoms with E-state index in [4.69, 9.17) is 6.42 Å². The first-order valence-corrected chi connectivity index (χ1v) is 5.71. The highest BCUT2D eigenvalue weighted by molar-refractivity contribution is 7.14. The monoisotopic (exact) mass is 204 g/mol. The van der Waals surface area contributed by atoms with Gasteiger partial charge in [-0.1, -0.05) is 5.92 Å². The summed E-state index contributed by atoms with van der Waals surface area (Å²) in [5, 5.41) is 0. The molecule has 0 N–H and O–H groups in total. The lowest BCUT2D eigenvalue weighted by Crippen LogP contribution is -1.96. The van der Waals surface area contributed by atoms with Crippen LogP contribution in [0.1, 0.15) is 39.4 Å². The van der Waals surface area contributed by atoms with Gasteiger partial charge in [0.2, 0.25) is 0 Å². The molecule has 0 bridgehead atoms. The number of thiophene rings is 1. The van der Waals surface area contributed by atoms with Gasteiger partial charge in [0, 0.05) is 4.88 Å². The lowest BCUT2D eigenvalue weighted by Gasteiger charge is -2.08. The standard InChI is InChI=1S/C12H12OS/c1-2-5-10(13)12-8-9-6-3-4-7-11(9)14-12/h1,8H,3-7H2. The van der Waals surface area contributed by atoms with Gasteiger partial charge >= 0.3 is 0 Å². The normalized spacial score (nSPS) is 14.5. The van der Waals surface area contributed by atoms with Gasteiger partial charge < -0.3 is 0 Å². The number of carbonyl (C=O) groups is 1. The van der Waals surface area contributed by atoms with Crippen LogP contribution >= 0.6 is 11.3 Å². The Kier molecular flexibility index (Phi) is 2.69. The number of terminal acetylenes is 1. The molecule has 0 aliphatic heterocycles. The van der Waals surface area contributed by atoms with Crippen molar-refractivity contribution in [3.8, 4) is 12.3 Å². The number of carbonyl (C=O) groups excluding carboxylic acids is 1. The average Bonchev–Trinajstić information content (AvgIpc) is 2.61. The van der Waals surface area contributed by atoms with E-state index < -0.39 is 0 Å². The van der Waals surface area contributed by atoms with E-state index >= 15 is 0 Å². The van der Waals surface area contributed by atoms with E-state index in [-0.39, 0.29) is 12.2 Å². The van der Waals surface area contributed by atoms with Crippen molar-refractivity contribution in [1.82, 2.24) is 0 Å². The maximum absolute atomic E-state index is 11.5. The third kappa shape index (κ3) is 1.73. The van der Waals surface area contributed by atoms with Crippen LogP contribution in [0.5, 0.6) is 0 Å². The number of aryl methyl sites for hydroxylation is 2. The molecule has 72 valence electrons. The fraction of sp³-hybridized carbons (Fsp3) is 0.417. The fourth-order valence-electron chi connectivity index (χ4n) is 1.81. The Balaban J connectivity index is 2.24. The van der Waals surface area contributed by atoms with E-state index in [1.54, 1.807) is 11.3 Å². The molecular weight excluding hydrogens is 192 g/mol. The summed E-state index contributed by atoms with van der Waals surface area (Å²) in [6.45, 7) is 0. The number of ketones is 1. The molecule has 0 aromatic carbocycles. The first-order chi connectivity index (χ1) is 6.81. The largest absolute Gasteiger partial charge is 0.292 e. The first kappa shape index (κ1) is 9.48. The zero-order valence-corrected chi connectivity index (χ0v) is 8.82. The van der Waals surface area contributed by atoms with Crippen molar-refractivity contribution in [1.29, 1.82) is 0 Å². The molecule has 0 saturated carbocycles.